The molecule has 1 aliphatic heterocycles. The van der Waals surface area contributed by atoms with Crippen LogP contribution in [0.15, 0.2) is 0 Å². The van der Waals surface area contributed by atoms with Gasteiger partial charge in [-0.25, -0.2) is 0 Å². The van der Waals surface area contributed by atoms with Gasteiger partial charge in [0, 0.05) is 6.54 Å². The van der Waals surface area contributed by atoms with Crippen LogP contribution >= 0.6 is 0 Å². The Bertz CT molecular complexity index is 252. The van der Waals surface area contributed by atoms with Gasteiger partial charge in [0.05, 0.1) is 18.8 Å². The Morgan fingerprint density at radius 2 is 1.50 bits per heavy atom. The Hall–Kier alpha value is -0.200. The lowest BCUT2D eigenvalue weighted by Crippen LogP contribution is -2.62. The maximum Gasteiger partial charge on any atom is 0.109 e. The molecule has 4 N–H and O–H groups in total. The van der Waals surface area contributed by atoms with E-state index in [0.717, 1.165) is 19.4 Å². The molecule has 0 aromatic rings. The van der Waals surface area contributed by atoms with Gasteiger partial charge in [-0.3, -0.25) is 4.90 Å². The van der Waals surface area contributed by atoms with Crippen LogP contribution in [0.5, 0.6) is 0 Å². The Labute approximate surface area is 122 Å². The lowest BCUT2D eigenvalue weighted by atomic mass is 9.94. The smallest absolute Gasteiger partial charge is 0.109 e. The molecule has 0 radical (unpaired) electrons. The summed E-state index contributed by atoms with van der Waals surface area (Å²) in [6.45, 7) is 3.08. The van der Waals surface area contributed by atoms with Crippen molar-refractivity contribution in [2.24, 2.45) is 0 Å². The van der Waals surface area contributed by atoms with Crippen molar-refractivity contribution in [2.45, 2.75) is 76.2 Å². The molecular formula is C15H31NO4. The maximum absolute atomic E-state index is 9.87. The summed E-state index contributed by atoms with van der Waals surface area (Å²) in [6.07, 6.45) is 5.29. The lowest BCUT2D eigenvalue weighted by Gasteiger charge is -2.43. The van der Waals surface area contributed by atoms with Gasteiger partial charge in [0.25, 0.3) is 0 Å². The van der Waals surface area contributed by atoms with Gasteiger partial charge < -0.3 is 20.4 Å². The van der Waals surface area contributed by atoms with E-state index in [1.165, 1.54) is 32.1 Å². The van der Waals surface area contributed by atoms with Crippen LogP contribution in [-0.4, -0.2) is 69.4 Å². The summed E-state index contributed by atoms with van der Waals surface area (Å²) >= 11 is 0. The molecule has 1 aliphatic rings. The Morgan fingerprint density at radius 3 is 2.10 bits per heavy atom. The minimum absolute atomic E-state index is 0.193. The standard InChI is InChI=1S/C15H31NO4/c1-2-3-4-5-6-7-8-9-16-10-13(18)15(20)14(19)12(16)11-17/h12-15,17-20H,2-11H2,1H3/t12-,13+,14+,15-/m1/s1. The summed E-state index contributed by atoms with van der Waals surface area (Å²) < 4.78 is 0. The van der Waals surface area contributed by atoms with Crippen LogP contribution in [0, 0.1) is 0 Å². The zero-order chi connectivity index (χ0) is 15.0. The third-order valence-electron chi connectivity index (χ3n) is 4.26. The SMILES string of the molecule is CCCCCCCCCN1C[C@H](O)[C@@H](O)[C@@H](O)[C@H]1CO. The summed E-state index contributed by atoms with van der Waals surface area (Å²) in [6, 6.07) is -0.464. The van der Waals surface area contributed by atoms with Crippen molar-refractivity contribution in [1.82, 2.24) is 4.90 Å². The van der Waals surface area contributed by atoms with Gasteiger partial charge in [0.2, 0.25) is 0 Å². The van der Waals surface area contributed by atoms with E-state index in [2.05, 4.69) is 6.92 Å². The summed E-state index contributed by atoms with van der Waals surface area (Å²) in [5.41, 5.74) is 0. The fourth-order valence-electron chi connectivity index (χ4n) is 2.91. The molecule has 120 valence electrons. The molecule has 0 aromatic heterocycles. The van der Waals surface area contributed by atoms with Crippen molar-refractivity contribution in [3.63, 3.8) is 0 Å². The number of likely N-dealkylation sites (tertiary alicyclic amines) is 1. The molecule has 5 nitrogen and oxygen atoms in total. The molecule has 0 saturated carbocycles. The predicted molar refractivity (Wildman–Crippen MR) is 78.5 cm³/mol. The Kier molecular flexibility index (Phi) is 8.64. The fourth-order valence-corrected chi connectivity index (χ4v) is 2.91. The lowest BCUT2D eigenvalue weighted by molar-refractivity contribution is -0.145. The quantitative estimate of drug-likeness (QED) is 0.465. The number of β-amino-alcohol motifs (C(OH)–C–C–N with tert-alkyl or cyclic N) is 1. The van der Waals surface area contributed by atoms with E-state index in [4.69, 9.17) is 0 Å². The maximum atomic E-state index is 9.87. The minimum Gasteiger partial charge on any atom is -0.395 e. The van der Waals surface area contributed by atoms with Gasteiger partial charge in [0.1, 0.15) is 12.2 Å². The van der Waals surface area contributed by atoms with Gasteiger partial charge in [0.15, 0.2) is 0 Å². The fraction of sp³-hybridized carbons (Fsp3) is 1.00. The zero-order valence-electron chi connectivity index (χ0n) is 12.6. The molecule has 0 unspecified atom stereocenters. The highest BCUT2D eigenvalue weighted by Crippen LogP contribution is 2.19. The van der Waals surface area contributed by atoms with Crippen molar-refractivity contribution in [3.8, 4) is 0 Å². The van der Waals surface area contributed by atoms with Crippen molar-refractivity contribution in [1.29, 1.82) is 0 Å². The van der Waals surface area contributed by atoms with Crippen LogP contribution in [0.2, 0.25) is 0 Å². The summed E-state index contributed by atoms with van der Waals surface area (Å²) in [5, 5.41) is 38.5. The molecule has 5 heteroatoms. The van der Waals surface area contributed by atoms with E-state index >= 15 is 0 Å². The first-order valence-electron chi connectivity index (χ1n) is 8.01. The van der Waals surface area contributed by atoms with E-state index in [0.29, 0.717) is 6.54 Å². The van der Waals surface area contributed by atoms with E-state index in [-0.39, 0.29) is 6.61 Å². The number of nitrogens with zero attached hydrogens (tertiary/aromatic N) is 1. The number of aliphatic hydroxyl groups is 4. The van der Waals surface area contributed by atoms with Crippen LogP contribution in [0.25, 0.3) is 0 Å². The second kappa shape index (κ2) is 9.68. The Balaban J connectivity index is 2.24. The van der Waals surface area contributed by atoms with Gasteiger partial charge in [-0.15, -0.1) is 0 Å². The number of hydrogen-bond acceptors (Lipinski definition) is 5. The highest BCUT2D eigenvalue weighted by Gasteiger charge is 2.40. The second-order valence-corrected chi connectivity index (χ2v) is 5.91. The van der Waals surface area contributed by atoms with Crippen LogP contribution < -0.4 is 0 Å². The third-order valence-corrected chi connectivity index (χ3v) is 4.26. The first-order valence-corrected chi connectivity index (χ1v) is 8.01. The number of rotatable bonds is 9. The molecule has 1 fully saturated rings. The van der Waals surface area contributed by atoms with E-state index < -0.39 is 24.4 Å². The zero-order valence-corrected chi connectivity index (χ0v) is 12.6. The molecule has 0 bridgehead atoms. The van der Waals surface area contributed by atoms with Crippen LogP contribution in [0.4, 0.5) is 0 Å². The van der Waals surface area contributed by atoms with Crippen molar-refractivity contribution < 1.29 is 20.4 Å². The van der Waals surface area contributed by atoms with E-state index in [9.17, 15) is 20.4 Å². The topological polar surface area (TPSA) is 84.2 Å². The molecule has 4 atom stereocenters. The average Bonchev–Trinajstić information content (AvgIpc) is 2.44. The highest BCUT2D eigenvalue weighted by atomic mass is 16.4. The average molecular weight is 289 g/mol. The number of piperidine rings is 1. The largest absolute Gasteiger partial charge is 0.395 e. The molecular weight excluding hydrogens is 258 g/mol. The van der Waals surface area contributed by atoms with Crippen LogP contribution in [0.1, 0.15) is 51.9 Å². The summed E-state index contributed by atoms with van der Waals surface area (Å²) in [7, 11) is 0. The third kappa shape index (κ3) is 5.30. The number of hydrogen-bond donors (Lipinski definition) is 4. The summed E-state index contributed by atoms with van der Waals surface area (Å²) in [5.74, 6) is 0. The van der Waals surface area contributed by atoms with Crippen LogP contribution in [-0.2, 0) is 0 Å². The van der Waals surface area contributed by atoms with Crippen molar-refractivity contribution >= 4 is 0 Å². The second-order valence-electron chi connectivity index (χ2n) is 5.91. The van der Waals surface area contributed by atoms with E-state index in [1.807, 2.05) is 4.90 Å². The molecule has 1 saturated heterocycles. The molecule has 0 aliphatic carbocycles. The predicted octanol–water partition coefficient (Wildman–Crippen LogP) is 0.496. The first-order chi connectivity index (χ1) is 9.61. The normalized spacial score (nSPS) is 31.6. The number of unbranched alkanes of at least 4 members (excludes halogenated alkanes) is 6. The summed E-state index contributed by atoms with van der Waals surface area (Å²) in [4.78, 5) is 1.90. The molecule has 0 amide bonds. The molecule has 0 aromatic carbocycles. The van der Waals surface area contributed by atoms with Crippen molar-refractivity contribution in [2.75, 3.05) is 19.7 Å². The molecule has 20 heavy (non-hydrogen) atoms. The van der Waals surface area contributed by atoms with Gasteiger partial charge in [-0.1, -0.05) is 45.4 Å². The first kappa shape index (κ1) is 17.9. The molecule has 1 heterocycles. The molecule has 0 spiro atoms. The van der Waals surface area contributed by atoms with E-state index in [1.54, 1.807) is 0 Å². The highest BCUT2D eigenvalue weighted by molar-refractivity contribution is 4.93. The minimum atomic E-state index is -1.16. The Morgan fingerprint density at radius 1 is 0.900 bits per heavy atom. The monoisotopic (exact) mass is 289 g/mol. The van der Waals surface area contributed by atoms with Gasteiger partial charge in [-0.2, -0.15) is 0 Å². The van der Waals surface area contributed by atoms with Crippen molar-refractivity contribution in [3.05, 3.63) is 0 Å². The van der Waals surface area contributed by atoms with Gasteiger partial charge >= 0.3 is 0 Å². The van der Waals surface area contributed by atoms with Gasteiger partial charge in [-0.05, 0) is 13.0 Å². The van der Waals surface area contributed by atoms with Crippen LogP contribution in [0.3, 0.4) is 0 Å². The number of aliphatic hydroxyl groups excluding tert-OH is 4. The molecule has 1 rings (SSSR count).